The SMILES string of the molecule is CC(Nc1ccc(F)cc1Br)c1ccccc1F. The highest BCUT2D eigenvalue weighted by Gasteiger charge is 2.11. The van der Waals surface area contributed by atoms with Gasteiger partial charge in [0.25, 0.3) is 0 Å². The molecule has 1 nitrogen and oxygen atoms in total. The van der Waals surface area contributed by atoms with Gasteiger partial charge in [-0.25, -0.2) is 8.78 Å². The molecule has 0 bridgehead atoms. The Labute approximate surface area is 113 Å². The third-order valence-electron chi connectivity index (χ3n) is 2.67. The van der Waals surface area contributed by atoms with Crippen LogP contribution in [0.2, 0.25) is 0 Å². The minimum atomic E-state index is -0.314. The lowest BCUT2D eigenvalue weighted by Crippen LogP contribution is -2.08. The van der Waals surface area contributed by atoms with Gasteiger partial charge in [-0.3, -0.25) is 0 Å². The summed E-state index contributed by atoms with van der Waals surface area (Å²) in [5.41, 5.74) is 1.31. The number of halogens is 3. The van der Waals surface area contributed by atoms with E-state index in [4.69, 9.17) is 0 Å². The molecule has 2 aromatic rings. The molecule has 0 fully saturated rings. The number of anilines is 1. The van der Waals surface area contributed by atoms with Gasteiger partial charge in [0.1, 0.15) is 11.6 Å². The molecule has 0 aliphatic heterocycles. The van der Waals surface area contributed by atoms with E-state index in [2.05, 4.69) is 21.2 Å². The monoisotopic (exact) mass is 311 g/mol. The Bertz CT molecular complexity index is 557. The van der Waals surface area contributed by atoms with E-state index < -0.39 is 0 Å². The maximum absolute atomic E-state index is 13.6. The van der Waals surface area contributed by atoms with Gasteiger partial charge >= 0.3 is 0 Å². The maximum Gasteiger partial charge on any atom is 0.128 e. The molecule has 1 atom stereocenters. The topological polar surface area (TPSA) is 12.0 Å². The van der Waals surface area contributed by atoms with Gasteiger partial charge < -0.3 is 5.32 Å². The lowest BCUT2D eigenvalue weighted by molar-refractivity contribution is 0.600. The second kappa shape index (κ2) is 5.48. The number of hydrogen-bond acceptors (Lipinski definition) is 1. The van der Waals surface area contributed by atoms with Crippen molar-refractivity contribution >= 4 is 21.6 Å². The molecule has 0 heterocycles. The van der Waals surface area contributed by atoms with Gasteiger partial charge in [-0.1, -0.05) is 18.2 Å². The number of rotatable bonds is 3. The van der Waals surface area contributed by atoms with Crippen LogP contribution in [0.25, 0.3) is 0 Å². The molecule has 0 saturated carbocycles. The zero-order valence-electron chi connectivity index (χ0n) is 9.75. The molecule has 1 N–H and O–H groups in total. The summed E-state index contributed by atoms with van der Waals surface area (Å²) in [7, 11) is 0. The highest BCUT2D eigenvalue weighted by Crippen LogP contribution is 2.28. The Morgan fingerprint density at radius 1 is 1.11 bits per heavy atom. The molecule has 18 heavy (non-hydrogen) atoms. The van der Waals surface area contributed by atoms with Crippen LogP contribution in [0, 0.1) is 11.6 Å². The van der Waals surface area contributed by atoms with Crippen LogP contribution in [-0.2, 0) is 0 Å². The van der Waals surface area contributed by atoms with Crippen molar-refractivity contribution < 1.29 is 8.78 Å². The van der Waals surface area contributed by atoms with E-state index in [1.54, 1.807) is 24.3 Å². The Hall–Kier alpha value is -1.42. The van der Waals surface area contributed by atoms with Crippen LogP contribution in [0.15, 0.2) is 46.9 Å². The van der Waals surface area contributed by atoms with Gasteiger partial charge in [-0.15, -0.1) is 0 Å². The summed E-state index contributed by atoms with van der Waals surface area (Å²) in [5, 5.41) is 3.14. The van der Waals surface area contributed by atoms with Crippen LogP contribution in [0.4, 0.5) is 14.5 Å². The largest absolute Gasteiger partial charge is 0.377 e. The van der Waals surface area contributed by atoms with Crippen LogP contribution >= 0.6 is 15.9 Å². The first-order valence-electron chi connectivity index (χ1n) is 5.54. The smallest absolute Gasteiger partial charge is 0.128 e. The average Bonchev–Trinajstić information content (AvgIpc) is 2.33. The van der Waals surface area contributed by atoms with E-state index in [9.17, 15) is 8.78 Å². The van der Waals surface area contributed by atoms with Crippen LogP contribution in [0.3, 0.4) is 0 Å². The van der Waals surface area contributed by atoms with Crippen LogP contribution in [0.5, 0.6) is 0 Å². The first kappa shape index (κ1) is 13.0. The van der Waals surface area contributed by atoms with Gasteiger partial charge in [0.05, 0.1) is 6.04 Å². The first-order valence-corrected chi connectivity index (χ1v) is 6.33. The van der Waals surface area contributed by atoms with Gasteiger partial charge in [-0.05, 0) is 47.1 Å². The molecule has 1 unspecified atom stereocenters. The van der Waals surface area contributed by atoms with Crippen molar-refractivity contribution in [2.45, 2.75) is 13.0 Å². The van der Waals surface area contributed by atoms with Gasteiger partial charge in [0, 0.05) is 15.7 Å². The molecule has 0 saturated heterocycles. The van der Waals surface area contributed by atoms with Crippen molar-refractivity contribution in [3.05, 3.63) is 64.1 Å². The fourth-order valence-electron chi connectivity index (χ4n) is 1.74. The van der Waals surface area contributed by atoms with Crippen molar-refractivity contribution in [3.8, 4) is 0 Å². The zero-order chi connectivity index (χ0) is 13.1. The number of hydrogen-bond donors (Lipinski definition) is 1. The molecular weight excluding hydrogens is 300 g/mol. The molecule has 0 aliphatic rings. The molecule has 0 spiro atoms. The van der Waals surface area contributed by atoms with E-state index in [1.165, 1.54) is 18.2 Å². The molecule has 0 amide bonds. The minimum absolute atomic E-state index is 0.201. The van der Waals surface area contributed by atoms with E-state index in [0.717, 1.165) is 5.69 Å². The molecule has 0 aliphatic carbocycles. The third-order valence-corrected chi connectivity index (χ3v) is 3.33. The van der Waals surface area contributed by atoms with Crippen LogP contribution in [0.1, 0.15) is 18.5 Å². The predicted molar refractivity (Wildman–Crippen MR) is 72.5 cm³/mol. The van der Waals surface area contributed by atoms with Gasteiger partial charge in [0.15, 0.2) is 0 Å². The molecular formula is C14H12BrF2N. The van der Waals surface area contributed by atoms with Crippen molar-refractivity contribution in [3.63, 3.8) is 0 Å². The second-order valence-electron chi connectivity index (χ2n) is 4.01. The number of nitrogens with one attached hydrogen (secondary N) is 1. The summed E-state index contributed by atoms with van der Waals surface area (Å²) in [5.74, 6) is -0.568. The Kier molecular flexibility index (Phi) is 3.97. The fraction of sp³-hybridized carbons (Fsp3) is 0.143. The van der Waals surface area contributed by atoms with E-state index in [1.807, 2.05) is 6.92 Å². The Morgan fingerprint density at radius 2 is 1.83 bits per heavy atom. The van der Waals surface area contributed by atoms with Crippen LogP contribution in [-0.4, -0.2) is 0 Å². The summed E-state index contributed by atoms with van der Waals surface area (Å²) in [6, 6.07) is 10.7. The van der Waals surface area contributed by atoms with Crippen molar-refractivity contribution in [2.75, 3.05) is 5.32 Å². The molecule has 2 aromatic carbocycles. The Morgan fingerprint density at radius 3 is 2.50 bits per heavy atom. The predicted octanol–water partition coefficient (Wildman–Crippen LogP) is 4.90. The summed E-state index contributed by atoms with van der Waals surface area (Å²) in [6.45, 7) is 1.86. The van der Waals surface area contributed by atoms with Gasteiger partial charge in [-0.2, -0.15) is 0 Å². The first-order chi connectivity index (χ1) is 8.58. The molecule has 2 rings (SSSR count). The molecule has 94 valence electrons. The van der Waals surface area contributed by atoms with E-state index in [0.29, 0.717) is 10.0 Å². The minimum Gasteiger partial charge on any atom is -0.377 e. The number of benzene rings is 2. The van der Waals surface area contributed by atoms with Crippen molar-refractivity contribution in [1.82, 2.24) is 0 Å². The van der Waals surface area contributed by atoms with Gasteiger partial charge in [0.2, 0.25) is 0 Å². The third kappa shape index (κ3) is 2.88. The zero-order valence-corrected chi connectivity index (χ0v) is 11.3. The molecule has 0 radical (unpaired) electrons. The fourth-order valence-corrected chi connectivity index (χ4v) is 2.21. The standard InChI is InChI=1S/C14H12BrF2N/c1-9(11-4-2-3-5-13(11)17)18-14-7-6-10(16)8-12(14)15/h2-9,18H,1H3. The Balaban J connectivity index is 2.21. The quantitative estimate of drug-likeness (QED) is 0.850. The summed E-state index contributed by atoms with van der Waals surface area (Å²) in [4.78, 5) is 0. The highest BCUT2D eigenvalue weighted by molar-refractivity contribution is 9.10. The summed E-state index contributed by atoms with van der Waals surface area (Å²) >= 11 is 3.27. The maximum atomic E-state index is 13.6. The average molecular weight is 312 g/mol. The lowest BCUT2D eigenvalue weighted by atomic mass is 10.1. The van der Waals surface area contributed by atoms with Crippen LogP contribution < -0.4 is 5.32 Å². The summed E-state index contributed by atoms with van der Waals surface area (Å²) < 4.78 is 27.2. The van der Waals surface area contributed by atoms with E-state index in [-0.39, 0.29) is 17.7 Å². The second-order valence-corrected chi connectivity index (χ2v) is 4.87. The summed E-state index contributed by atoms with van der Waals surface area (Å²) in [6.07, 6.45) is 0. The van der Waals surface area contributed by atoms with Crippen molar-refractivity contribution in [1.29, 1.82) is 0 Å². The van der Waals surface area contributed by atoms with Crippen molar-refractivity contribution in [2.24, 2.45) is 0 Å². The molecule has 0 aromatic heterocycles. The normalized spacial score (nSPS) is 12.2. The highest BCUT2D eigenvalue weighted by atomic mass is 79.9. The lowest BCUT2D eigenvalue weighted by Gasteiger charge is -2.17. The van der Waals surface area contributed by atoms with E-state index >= 15 is 0 Å². The molecule has 4 heteroatoms.